The van der Waals surface area contributed by atoms with Gasteiger partial charge in [-0.05, 0) is 38.9 Å². The van der Waals surface area contributed by atoms with E-state index in [0.717, 1.165) is 26.2 Å². The summed E-state index contributed by atoms with van der Waals surface area (Å²) in [5.41, 5.74) is 5.33. The van der Waals surface area contributed by atoms with Crippen molar-refractivity contribution in [3.8, 4) is 0 Å². The highest BCUT2D eigenvalue weighted by Crippen LogP contribution is 2.21. The lowest BCUT2D eigenvalue weighted by Gasteiger charge is -2.31. The molecule has 1 aliphatic heterocycles. The number of nitrogens with zero attached hydrogens (tertiary/aromatic N) is 1. The first-order valence-electron chi connectivity index (χ1n) is 6.80. The molecule has 1 atom stereocenters. The van der Waals surface area contributed by atoms with Crippen LogP contribution in [0.15, 0.2) is 12.1 Å². The molecule has 18 heavy (non-hydrogen) atoms. The quantitative estimate of drug-likeness (QED) is 0.854. The molecule has 0 spiro atoms. The largest absolute Gasteiger partial charge is 0.383 e. The molecule has 0 bridgehead atoms. The zero-order chi connectivity index (χ0) is 13.1. The van der Waals surface area contributed by atoms with Crippen molar-refractivity contribution in [2.75, 3.05) is 38.5 Å². The zero-order valence-electron chi connectivity index (χ0n) is 12.0. The Morgan fingerprint density at radius 2 is 1.94 bits per heavy atom. The molecule has 1 heterocycles. The third kappa shape index (κ3) is 3.24. The van der Waals surface area contributed by atoms with E-state index in [1.54, 1.807) is 0 Å². The molecule has 1 saturated heterocycles. The molecule has 2 N–H and O–H groups in total. The van der Waals surface area contributed by atoms with Gasteiger partial charge in [0.1, 0.15) is 0 Å². The lowest BCUT2D eigenvalue weighted by Crippen LogP contribution is -2.51. The molecule has 2 rings (SSSR count). The minimum atomic E-state index is 0.545. The van der Waals surface area contributed by atoms with Crippen LogP contribution in [-0.2, 0) is 0 Å². The van der Waals surface area contributed by atoms with Crippen LogP contribution >= 0.6 is 0 Å². The van der Waals surface area contributed by atoms with Crippen molar-refractivity contribution < 1.29 is 0 Å². The molecule has 1 aliphatic rings. The van der Waals surface area contributed by atoms with Crippen molar-refractivity contribution in [3.05, 3.63) is 28.8 Å². The molecule has 0 aromatic heterocycles. The lowest BCUT2D eigenvalue weighted by molar-refractivity contribution is 0.244. The molecule has 1 aromatic rings. The van der Waals surface area contributed by atoms with Gasteiger partial charge in [-0.15, -0.1) is 0 Å². The van der Waals surface area contributed by atoms with E-state index >= 15 is 0 Å². The summed E-state index contributed by atoms with van der Waals surface area (Å²) in [4.78, 5) is 2.39. The van der Waals surface area contributed by atoms with Gasteiger partial charge in [0.2, 0.25) is 0 Å². The van der Waals surface area contributed by atoms with Crippen LogP contribution in [0.1, 0.15) is 16.7 Å². The first kappa shape index (κ1) is 13.4. The Morgan fingerprint density at radius 3 is 2.56 bits per heavy atom. The van der Waals surface area contributed by atoms with E-state index < -0.39 is 0 Å². The molecule has 0 radical (unpaired) electrons. The van der Waals surface area contributed by atoms with Gasteiger partial charge in [-0.25, -0.2) is 0 Å². The summed E-state index contributed by atoms with van der Waals surface area (Å²) in [5, 5.41) is 7.18. The topological polar surface area (TPSA) is 27.3 Å². The number of likely N-dealkylation sites (N-methyl/N-ethyl adjacent to an activating group) is 1. The molecular weight excluding hydrogens is 222 g/mol. The molecule has 3 nitrogen and oxygen atoms in total. The summed E-state index contributed by atoms with van der Waals surface area (Å²) >= 11 is 0. The second-order valence-corrected chi connectivity index (χ2v) is 5.57. The third-order valence-electron chi connectivity index (χ3n) is 3.66. The summed E-state index contributed by atoms with van der Waals surface area (Å²) in [6, 6.07) is 5.04. The second-order valence-electron chi connectivity index (χ2n) is 5.57. The van der Waals surface area contributed by atoms with Crippen LogP contribution in [0, 0.1) is 20.8 Å². The average molecular weight is 247 g/mol. The summed E-state index contributed by atoms with van der Waals surface area (Å²) in [6.45, 7) is 10.9. The molecule has 0 aliphatic carbocycles. The third-order valence-corrected chi connectivity index (χ3v) is 3.66. The maximum absolute atomic E-state index is 3.61. The van der Waals surface area contributed by atoms with Gasteiger partial charge in [0.25, 0.3) is 0 Å². The van der Waals surface area contributed by atoms with Crippen molar-refractivity contribution in [1.82, 2.24) is 10.2 Å². The maximum Gasteiger partial charge on any atom is 0.0400 e. The molecule has 1 aromatic carbocycles. The molecule has 0 amide bonds. The average Bonchev–Trinajstić information content (AvgIpc) is 2.27. The second kappa shape index (κ2) is 5.72. The predicted molar refractivity (Wildman–Crippen MR) is 78.4 cm³/mol. The molecule has 3 heteroatoms. The molecule has 1 unspecified atom stereocenters. The highest BCUT2D eigenvalue weighted by Gasteiger charge is 2.16. The first-order chi connectivity index (χ1) is 8.56. The Balaban J connectivity index is 1.97. The van der Waals surface area contributed by atoms with E-state index in [4.69, 9.17) is 0 Å². The van der Waals surface area contributed by atoms with E-state index in [1.807, 2.05) is 0 Å². The van der Waals surface area contributed by atoms with Gasteiger partial charge in [-0.2, -0.15) is 0 Å². The number of hydrogen-bond acceptors (Lipinski definition) is 3. The van der Waals surface area contributed by atoms with Crippen LogP contribution in [0.25, 0.3) is 0 Å². The normalized spacial score (nSPS) is 21.0. The maximum atomic E-state index is 3.61. The van der Waals surface area contributed by atoms with Crippen molar-refractivity contribution in [3.63, 3.8) is 0 Å². The van der Waals surface area contributed by atoms with E-state index in [-0.39, 0.29) is 0 Å². The Morgan fingerprint density at radius 1 is 1.28 bits per heavy atom. The van der Waals surface area contributed by atoms with Crippen molar-refractivity contribution in [2.24, 2.45) is 0 Å². The Bertz CT molecular complexity index is 391. The van der Waals surface area contributed by atoms with Gasteiger partial charge in [0.05, 0.1) is 0 Å². The van der Waals surface area contributed by atoms with Gasteiger partial charge < -0.3 is 15.5 Å². The van der Waals surface area contributed by atoms with Gasteiger partial charge >= 0.3 is 0 Å². The Kier molecular flexibility index (Phi) is 4.25. The Hall–Kier alpha value is -1.06. The lowest BCUT2D eigenvalue weighted by atomic mass is 10.0. The number of benzene rings is 1. The smallest absolute Gasteiger partial charge is 0.0400 e. The number of aryl methyl sites for hydroxylation is 3. The zero-order valence-corrected chi connectivity index (χ0v) is 12.0. The van der Waals surface area contributed by atoms with Crippen LogP contribution in [-0.4, -0.2) is 44.2 Å². The minimum absolute atomic E-state index is 0.545. The van der Waals surface area contributed by atoms with E-state index in [9.17, 15) is 0 Å². The van der Waals surface area contributed by atoms with Crippen molar-refractivity contribution in [2.45, 2.75) is 26.8 Å². The van der Waals surface area contributed by atoms with Crippen LogP contribution in [0.4, 0.5) is 5.69 Å². The fourth-order valence-corrected chi connectivity index (χ4v) is 2.81. The monoisotopic (exact) mass is 247 g/mol. The first-order valence-corrected chi connectivity index (χ1v) is 6.80. The van der Waals surface area contributed by atoms with Crippen molar-refractivity contribution >= 4 is 5.69 Å². The number of anilines is 1. The van der Waals surface area contributed by atoms with Gasteiger partial charge in [0, 0.05) is 37.9 Å². The van der Waals surface area contributed by atoms with E-state index in [2.05, 4.69) is 55.5 Å². The van der Waals surface area contributed by atoms with Crippen LogP contribution in [0.5, 0.6) is 0 Å². The molecular formula is C15H25N3. The van der Waals surface area contributed by atoms with Crippen LogP contribution in [0.2, 0.25) is 0 Å². The fourth-order valence-electron chi connectivity index (χ4n) is 2.81. The molecule has 1 fully saturated rings. The number of nitrogens with one attached hydrogen (secondary N) is 2. The van der Waals surface area contributed by atoms with Gasteiger partial charge in [-0.1, -0.05) is 17.7 Å². The summed E-state index contributed by atoms with van der Waals surface area (Å²) < 4.78 is 0. The molecule has 0 saturated carbocycles. The number of hydrogen-bond donors (Lipinski definition) is 2. The van der Waals surface area contributed by atoms with E-state index in [0.29, 0.717) is 6.04 Å². The van der Waals surface area contributed by atoms with Crippen molar-refractivity contribution in [1.29, 1.82) is 0 Å². The fraction of sp³-hybridized carbons (Fsp3) is 0.600. The van der Waals surface area contributed by atoms with Crippen LogP contribution < -0.4 is 10.6 Å². The Labute approximate surface area is 111 Å². The van der Waals surface area contributed by atoms with Gasteiger partial charge in [0.15, 0.2) is 0 Å². The highest BCUT2D eigenvalue weighted by atomic mass is 15.2. The summed E-state index contributed by atoms with van der Waals surface area (Å²) in [6.07, 6.45) is 0. The standard InChI is InChI=1S/C15H25N3/c1-11-7-12(2)15(13(3)8-11)17-9-14-10-18(4)6-5-16-14/h7-8,14,16-17H,5-6,9-10H2,1-4H3. The molecule has 100 valence electrons. The van der Waals surface area contributed by atoms with Crippen LogP contribution in [0.3, 0.4) is 0 Å². The highest BCUT2D eigenvalue weighted by molar-refractivity contribution is 5.58. The predicted octanol–water partition coefficient (Wildman–Crippen LogP) is 1.93. The number of piperazine rings is 1. The SMILES string of the molecule is Cc1cc(C)c(NCC2CN(C)CCN2)c(C)c1. The summed E-state index contributed by atoms with van der Waals surface area (Å²) in [7, 11) is 2.19. The van der Waals surface area contributed by atoms with Gasteiger partial charge in [-0.3, -0.25) is 0 Å². The minimum Gasteiger partial charge on any atom is -0.383 e. The number of rotatable bonds is 3. The van der Waals surface area contributed by atoms with E-state index in [1.165, 1.54) is 22.4 Å². The summed E-state index contributed by atoms with van der Waals surface area (Å²) in [5.74, 6) is 0.